The van der Waals surface area contributed by atoms with E-state index in [9.17, 15) is 0 Å². The third kappa shape index (κ3) is 3.02. The number of hydrogen-bond acceptors (Lipinski definition) is 2. The number of nitrogens with one attached hydrogen (secondary N) is 1. The molecule has 0 aliphatic heterocycles. The van der Waals surface area contributed by atoms with E-state index in [2.05, 4.69) is 42.6 Å². The van der Waals surface area contributed by atoms with Crippen LogP contribution in [0.1, 0.15) is 35.4 Å². The number of benzene rings is 1. The molecule has 2 atom stereocenters. The lowest BCUT2D eigenvalue weighted by Gasteiger charge is -2.28. The Morgan fingerprint density at radius 2 is 2.00 bits per heavy atom. The Labute approximate surface area is 123 Å². The van der Waals surface area contributed by atoms with Gasteiger partial charge in [0.25, 0.3) is 0 Å². The number of halogens is 1. The topological polar surface area (TPSA) is 12.0 Å². The Balaban J connectivity index is 1.66. The molecular weight excluding hydrogens is 274 g/mol. The zero-order valence-electron chi connectivity index (χ0n) is 11.0. The van der Waals surface area contributed by atoms with Gasteiger partial charge in [0.15, 0.2) is 0 Å². The molecule has 1 heterocycles. The summed E-state index contributed by atoms with van der Waals surface area (Å²) in [5.74, 6) is 0. The average molecular weight is 292 g/mol. The maximum Gasteiger partial charge on any atom is 0.0931 e. The second kappa shape index (κ2) is 5.66. The van der Waals surface area contributed by atoms with Gasteiger partial charge in [-0.25, -0.2) is 0 Å². The summed E-state index contributed by atoms with van der Waals surface area (Å²) in [5, 5.41) is 3.74. The summed E-state index contributed by atoms with van der Waals surface area (Å²) in [4.78, 5) is 1.32. The standard InChI is InChI=1S/C16H18ClNS/c1-11(15-8-9-16(17)19-15)18-14-7-6-12-4-2-3-5-13(12)10-14/h2-5,8-9,11,14,18H,6-7,10H2,1H3. The van der Waals surface area contributed by atoms with Crippen LogP contribution < -0.4 is 5.32 Å². The number of hydrogen-bond donors (Lipinski definition) is 1. The minimum atomic E-state index is 0.382. The first-order valence-electron chi connectivity index (χ1n) is 6.80. The highest BCUT2D eigenvalue weighted by molar-refractivity contribution is 7.16. The molecule has 19 heavy (non-hydrogen) atoms. The van der Waals surface area contributed by atoms with E-state index in [0.717, 1.165) is 10.8 Å². The second-order valence-electron chi connectivity index (χ2n) is 5.24. The Hall–Kier alpha value is -0.830. The summed E-state index contributed by atoms with van der Waals surface area (Å²) < 4.78 is 0.873. The summed E-state index contributed by atoms with van der Waals surface area (Å²) in [6.45, 7) is 2.22. The van der Waals surface area contributed by atoms with Gasteiger partial charge < -0.3 is 5.32 Å². The molecule has 1 nitrogen and oxygen atoms in total. The van der Waals surface area contributed by atoms with E-state index in [1.54, 1.807) is 11.3 Å². The van der Waals surface area contributed by atoms with Crippen LogP contribution in [-0.4, -0.2) is 6.04 Å². The highest BCUT2D eigenvalue weighted by Gasteiger charge is 2.20. The van der Waals surface area contributed by atoms with Crippen LogP contribution in [0.3, 0.4) is 0 Å². The molecule has 2 aromatic rings. The lowest BCUT2D eigenvalue weighted by molar-refractivity contribution is 0.417. The first kappa shape index (κ1) is 13.2. The van der Waals surface area contributed by atoms with Gasteiger partial charge >= 0.3 is 0 Å². The van der Waals surface area contributed by atoms with Gasteiger partial charge in [-0.2, -0.15) is 0 Å². The van der Waals surface area contributed by atoms with E-state index in [0.29, 0.717) is 12.1 Å². The van der Waals surface area contributed by atoms with Crippen molar-refractivity contribution in [2.75, 3.05) is 0 Å². The third-order valence-corrected chi connectivity index (χ3v) is 5.27. The fraction of sp³-hybridized carbons (Fsp3) is 0.375. The van der Waals surface area contributed by atoms with Gasteiger partial charge in [0.2, 0.25) is 0 Å². The lowest BCUT2D eigenvalue weighted by atomic mass is 9.88. The van der Waals surface area contributed by atoms with Gasteiger partial charge in [0.05, 0.1) is 4.34 Å². The molecule has 0 fully saturated rings. The average Bonchev–Trinajstić information content (AvgIpc) is 2.85. The molecule has 1 aliphatic rings. The van der Waals surface area contributed by atoms with Crippen LogP contribution in [0, 0.1) is 0 Å². The second-order valence-corrected chi connectivity index (χ2v) is 6.99. The number of aryl methyl sites for hydroxylation is 1. The number of thiophene rings is 1. The molecule has 1 aromatic carbocycles. The van der Waals surface area contributed by atoms with Crippen LogP contribution in [0.25, 0.3) is 0 Å². The Morgan fingerprint density at radius 1 is 1.21 bits per heavy atom. The van der Waals surface area contributed by atoms with Gasteiger partial charge in [0, 0.05) is 17.0 Å². The van der Waals surface area contributed by atoms with Crippen LogP contribution in [0.15, 0.2) is 36.4 Å². The fourth-order valence-electron chi connectivity index (χ4n) is 2.84. The van der Waals surface area contributed by atoms with Crippen LogP contribution >= 0.6 is 22.9 Å². The predicted octanol–water partition coefficient (Wildman–Crippen LogP) is 4.61. The molecule has 0 bridgehead atoms. The zero-order chi connectivity index (χ0) is 13.2. The quantitative estimate of drug-likeness (QED) is 0.871. The Kier molecular flexibility index (Phi) is 3.92. The van der Waals surface area contributed by atoms with E-state index < -0.39 is 0 Å². The first-order chi connectivity index (χ1) is 9.22. The van der Waals surface area contributed by atoms with E-state index in [1.165, 1.54) is 28.8 Å². The van der Waals surface area contributed by atoms with Crippen LogP contribution in [-0.2, 0) is 12.8 Å². The van der Waals surface area contributed by atoms with E-state index in [1.807, 2.05) is 6.07 Å². The zero-order valence-corrected chi connectivity index (χ0v) is 12.6. The van der Waals surface area contributed by atoms with Crippen LogP contribution in [0.2, 0.25) is 4.34 Å². The molecule has 100 valence electrons. The fourth-order valence-corrected chi connectivity index (χ4v) is 3.91. The number of rotatable bonds is 3. The van der Waals surface area contributed by atoms with Crippen molar-refractivity contribution in [2.24, 2.45) is 0 Å². The van der Waals surface area contributed by atoms with E-state index in [4.69, 9.17) is 11.6 Å². The molecule has 0 saturated carbocycles. The molecular formula is C16H18ClNS. The lowest BCUT2D eigenvalue weighted by Crippen LogP contribution is -2.36. The van der Waals surface area contributed by atoms with Gasteiger partial charge in [-0.05, 0) is 49.4 Å². The molecule has 0 saturated heterocycles. The van der Waals surface area contributed by atoms with Crippen molar-refractivity contribution in [1.29, 1.82) is 0 Å². The molecule has 0 amide bonds. The monoisotopic (exact) mass is 291 g/mol. The van der Waals surface area contributed by atoms with Crippen molar-refractivity contribution in [2.45, 2.75) is 38.3 Å². The van der Waals surface area contributed by atoms with Crippen molar-refractivity contribution in [3.8, 4) is 0 Å². The highest BCUT2D eigenvalue weighted by atomic mass is 35.5. The Bertz CT molecular complexity index is 563. The van der Waals surface area contributed by atoms with Crippen molar-refractivity contribution in [3.05, 3.63) is 56.7 Å². The molecule has 2 unspecified atom stereocenters. The van der Waals surface area contributed by atoms with Gasteiger partial charge in [0.1, 0.15) is 0 Å². The molecule has 0 radical (unpaired) electrons. The summed E-state index contributed by atoms with van der Waals surface area (Å²) >= 11 is 7.68. The molecule has 3 rings (SSSR count). The molecule has 0 spiro atoms. The van der Waals surface area contributed by atoms with Gasteiger partial charge in [-0.15, -0.1) is 11.3 Å². The minimum Gasteiger partial charge on any atom is -0.306 e. The first-order valence-corrected chi connectivity index (χ1v) is 8.00. The van der Waals surface area contributed by atoms with E-state index in [-0.39, 0.29) is 0 Å². The minimum absolute atomic E-state index is 0.382. The normalized spacial score (nSPS) is 20.0. The maximum atomic E-state index is 6.00. The smallest absolute Gasteiger partial charge is 0.0931 e. The molecule has 1 aliphatic carbocycles. The third-order valence-electron chi connectivity index (χ3n) is 3.85. The van der Waals surface area contributed by atoms with Crippen LogP contribution in [0.5, 0.6) is 0 Å². The van der Waals surface area contributed by atoms with Crippen molar-refractivity contribution >= 4 is 22.9 Å². The van der Waals surface area contributed by atoms with Gasteiger partial charge in [-0.3, -0.25) is 0 Å². The van der Waals surface area contributed by atoms with Crippen molar-refractivity contribution in [1.82, 2.24) is 5.32 Å². The maximum absolute atomic E-state index is 6.00. The Morgan fingerprint density at radius 3 is 2.74 bits per heavy atom. The van der Waals surface area contributed by atoms with Crippen molar-refractivity contribution < 1.29 is 0 Å². The van der Waals surface area contributed by atoms with Crippen molar-refractivity contribution in [3.63, 3.8) is 0 Å². The summed E-state index contributed by atoms with van der Waals surface area (Å²) in [7, 11) is 0. The van der Waals surface area contributed by atoms with Crippen LogP contribution in [0.4, 0.5) is 0 Å². The molecule has 3 heteroatoms. The largest absolute Gasteiger partial charge is 0.306 e. The summed E-state index contributed by atoms with van der Waals surface area (Å²) in [6, 6.07) is 13.9. The molecule has 1 N–H and O–H groups in total. The summed E-state index contributed by atoms with van der Waals surface area (Å²) in [5.41, 5.74) is 3.02. The SMILES string of the molecule is CC(NC1CCc2ccccc2C1)c1ccc(Cl)s1. The highest BCUT2D eigenvalue weighted by Crippen LogP contribution is 2.28. The summed E-state index contributed by atoms with van der Waals surface area (Å²) in [6.07, 6.45) is 3.55. The van der Waals surface area contributed by atoms with Gasteiger partial charge in [-0.1, -0.05) is 35.9 Å². The predicted molar refractivity (Wildman–Crippen MR) is 83.1 cm³/mol. The molecule has 1 aromatic heterocycles. The number of fused-ring (bicyclic) bond motifs is 1. The van der Waals surface area contributed by atoms with E-state index >= 15 is 0 Å².